The smallest absolute Gasteiger partial charge is 0.417 e. The summed E-state index contributed by atoms with van der Waals surface area (Å²) in [5.41, 5.74) is -0.922. The van der Waals surface area contributed by atoms with Gasteiger partial charge in [0.05, 0.1) is 23.7 Å². The van der Waals surface area contributed by atoms with Crippen LogP contribution in [0.2, 0.25) is 0 Å². The zero-order chi connectivity index (χ0) is 24.3. The Morgan fingerprint density at radius 3 is 2.53 bits per heavy atom. The predicted molar refractivity (Wildman–Crippen MR) is 116 cm³/mol. The molecule has 182 valence electrons. The van der Waals surface area contributed by atoms with Crippen LogP contribution in [0.5, 0.6) is 0 Å². The molecule has 1 saturated heterocycles. The van der Waals surface area contributed by atoms with Gasteiger partial charge in [0, 0.05) is 20.1 Å². The van der Waals surface area contributed by atoms with E-state index in [2.05, 4.69) is 15.9 Å². The predicted octanol–water partition coefficient (Wildman–Crippen LogP) is 1.51. The first-order valence-corrected chi connectivity index (χ1v) is 11.3. The Morgan fingerprint density at radius 2 is 1.97 bits per heavy atom. The molecule has 0 aromatic rings. The highest BCUT2D eigenvalue weighted by Crippen LogP contribution is 2.38. The number of aliphatic hydroxyl groups excluding tert-OH is 1. The number of methoxy groups -OCH3 is 1. The van der Waals surface area contributed by atoms with Crippen molar-refractivity contribution in [2.75, 3.05) is 26.9 Å². The quantitative estimate of drug-likeness (QED) is 0.410. The monoisotopic (exact) mass is 521 g/mol. The van der Waals surface area contributed by atoms with E-state index >= 15 is 0 Å². The van der Waals surface area contributed by atoms with Crippen LogP contribution >= 0.6 is 15.9 Å². The summed E-state index contributed by atoms with van der Waals surface area (Å²) in [5.74, 6) is -3.38. The number of amides is 2. The maximum atomic E-state index is 13.4. The van der Waals surface area contributed by atoms with E-state index in [1.165, 1.54) is 7.11 Å². The molecule has 4 atom stereocenters. The van der Waals surface area contributed by atoms with Crippen LogP contribution in [0.15, 0.2) is 10.6 Å². The largest absolute Gasteiger partial charge is 0.441 e. The van der Waals surface area contributed by atoms with Crippen molar-refractivity contribution >= 4 is 33.7 Å². The average molecular weight is 522 g/mol. The molecule has 0 aromatic carbocycles. The van der Waals surface area contributed by atoms with Crippen LogP contribution in [-0.4, -0.2) is 89.5 Å². The van der Waals surface area contributed by atoms with Gasteiger partial charge in [-0.2, -0.15) is 0 Å². The second-order valence-electron chi connectivity index (χ2n) is 8.68. The summed E-state index contributed by atoms with van der Waals surface area (Å²) < 4.78 is 21.7. The molecule has 2 aliphatic heterocycles. The number of nitrogens with zero attached hydrogens (tertiary/aromatic N) is 1. The fourth-order valence-electron chi connectivity index (χ4n) is 4.19. The number of hydrogen-bond donors (Lipinski definition) is 2. The minimum absolute atomic E-state index is 0.0529. The molecule has 32 heavy (non-hydrogen) atoms. The van der Waals surface area contributed by atoms with Crippen LogP contribution in [0.3, 0.4) is 0 Å². The van der Waals surface area contributed by atoms with E-state index in [1.807, 2.05) is 13.8 Å². The Labute approximate surface area is 195 Å². The lowest BCUT2D eigenvalue weighted by molar-refractivity contribution is -0.227. The summed E-state index contributed by atoms with van der Waals surface area (Å²) in [5, 5.41) is 19.8. The Bertz CT molecular complexity index is 754. The lowest BCUT2D eigenvalue weighted by Gasteiger charge is -2.38. The van der Waals surface area contributed by atoms with Gasteiger partial charge >= 0.3 is 6.09 Å². The van der Waals surface area contributed by atoms with Gasteiger partial charge in [-0.1, -0.05) is 13.8 Å². The minimum atomic E-state index is -1.89. The third-order valence-electron chi connectivity index (χ3n) is 5.46. The highest BCUT2D eigenvalue weighted by molar-refractivity contribution is 9.11. The van der Waals surface area contributed by atoms with Crippen molar-refractivity contribution in [3.05, 3.63) is 10.6 Å². The SMILES string of the molecule is CO[C@H](C(=O)N1C(=O)OC(C)(C)[C@@H]1C(C)C)[C@@H]1O[C@](O)(CCCOCCO)C(Br)=CC1=O. The second kappa shape index (κ2) is 10.7. The van der Waals surface area contributed by atoms with E-state index in [1.54, 1.807) is 13.8 Å². The van der Waals surface area contributed by atoms with E-state index in [-0.39, 0.29) is 36.6 Å². The zero-order valence-corrected chi connectivity index (χ0v) is 20.6. The summed E-state index contributed by atoms with van der Waals surface area (Å²) in [6, 6.07) is -0.580. The normalized spacial score (nSPS) is 28.7. The third kappa shape index (κ3) is 5.57. The van der Waals surface area contributed by atoms with Gasteiger partial charge in [-0.15, -0.1) is 0 Å². The van der Waals surface area contributed by atoms with Crippen LogP contribution in [0.25, 0.3) is 0 Å². The minimum Gasteiger partial charge on any atom is -0.441 e. The first-order valence-electron chi connectivity index (χ1n) is 10.5. The number of hydrogen-bond acceptors (Lipinski definition) is 9. The molecule has 0 saturated carbocycles. The van der Waals surface area contributed by atoms with Crippen molar-refractivity contribution in [3.63, 3.8) is 0 Å². The topological polar surface area (TPSA) is 132 Å². The number of ether oxygens (including phenoxy) is 4. The molecule has 2 heterocycles. The number of aliphatic hydroxyl groups is 2. The lowest BCUT2D eigenvalue weighted by atomic mass is 9.88. The van der Waals surface area contributed by atoms with Crippen molar-refractivity contribution < 1.29 is 43.5 Å². The average Bonchev–Trinajstić information content (AvgIpc) is 2.94. The van der Waals surface area contributed by atoms with Gasteiger partial charge in [0.15, 0.2) is 23.8 Å². The summed E-state index contributed by atoms with van der Waals surface area (Å²) in [6.07, 6.45) is -2.21. The highest BCUT2D eigenvalue weighted by atomic mass is 79.9. The van der Waals surface area contributed by atoms with E-state index in [9.17, 15) is 19.5 Å². The first kappa shape index (κ1) is 26.9. The van der Waals surface area contributed by atoms with Crippen molar-refractivity contribution in [1.82, 2.24) is 4.90 Å². The van der Waals surface area contributed by atoms with Crippen LogP contribution in [0, 0.1) is 5.92 Å². The number of imide groups is 1. The van der Waals surface area contributed by atoms with E-state index < -0.39 is 47.4 Å². The maximum Gasteiger partial charge on any atom is 0.417 e. The molecular weight excluding hydrogens is 490 g/mol. The second-order valence-corrected chi connectivity index (χ2v) is 9.54. The third-order valence-corrected chi connectivity index (χ3v) is 6.31. The van der Waals surface area contributed by atoms with Gasteiger partial charge in [0.25, 0.3) is 5.91 Å². The molecule has 2 rings (SSSR count). The molecule has 1 fully saturated rings. The maximum absolute atomic E-state index is 13.4. The standard InChI is InChI=1S/C21H32BrNO9/c1-12(2)17-20(3,4)32-19(27)23(17)18(26)16(29-5)15-13(25)11-14(22)21(28,31-15)7-6-9-30-10-8-24/h11-12,15-17,24,28H,6-10H2,1-5H3/t15-,16+,17+,21-/m1/s1. The van der Waals surface area contributed by atoms with Crippen molar-refractivity contribution in [3.8, 4) is 0 Å². The number of cyclic esters (lactones) is 1. The van der Waals surface area contributed by atoms with E-state index in [0.29, 0.717) is 6.42 Å². The van der Waals surface area contributed by atoms with Crippen molar-refractivity contribution in [2.24, 2.45) is 5.92 Å². The van der Waals surface area contributed by atoms with Crippen LogP contribution in [-0.2, 0) is 28.5 Å². The van der Waals surface area contributed by atoms with Crippen LogP contribution in [0.1, 0.15) is 40.5 Å². The van der Waals surface area contributed by atoms with Crippen molar-refractivity contribution in [1.29, 1.82) is 0 Å². The molecule has 2 aliphatic rings. The number of rotatable bonds is 10. The molecular formula is C21H32BrNO9. The van der Waals surface area contributed by atoms with Gasteiger partial charge in [-0.05, 0) is 48.2 Å². The molecule has 0 aliphatic carbocycles. The molecule has 11 heteroatoms. The first-order chi connectivity index (χ1) is 14.9. The Hall–Kier alpha value is -1.37. The van der Waals surface area contributed by atoms with Gasteiger partial charge in [-0.25, -0.2) is 9.69 Å². The molecule has 2 amide bonds. The van der Waals surface area contributed by atoms with Gasteiger partial charge in [-0.3, -0.25) is 9.59 Å². The van der Waals surface area contributed by atoms with E-state index in [0.717, 1.165) is 11.0 Å². The van der Waals surface area contributed by atoms with E-state index in [4.69, 9.17) is 24.1 Å². The Morgan fingerprint density at radius 1 is 1.31 bits per heavy atom. The molecule has 0 bridgehead atoms. The molecule has 0 spiro atoms. The van der Waals surface area contributed by atoms with Crippen LogP contribution in [0.4, 0.5) is 4.79 Å². The van der Waals surface area contributed by atoms with Crippen molar-refractivity contribution in [2.45, 2.75) is 70.2 Å². The Balaban J connectivity index is 2.24. The van der Waals surface area contributed by atoms with Gasteiger partial charge in [0.1, 0.15) is 5.60 Å². The summed E-state index contributed by atoms with van der Waals surface area (Å²) >= 11 is 3.16. The Kier molecular flexibility index (Phi) is 8.99. The molecule has 10 nitrogen and oxygen atoms in total. The number of ketones is 1. The molecule has 0 radical (unpaired) electrons. The molecule has 0 unspecified atom stereocenters. The molecule has 0 aromatic heterocycles. The fourth-order valence-corrected chi connectivity index (χ4v) is 4.71. The molecule has 2 N–H and O–H groups in total. The van der Waals surface area contributed by atoms with Gasteiger partial charge in [0.2, 0.25) is 0 Å². The number of carbonyl (C=O) groups is 3. The zero-order valence-electron chi connectivity index (χ0n) is 19.0. The van der Waals surface area contributed by atoms with Gasteiger partial charge < -0.3 is 29.2 Å². The summed E-state index contributed by atoms with van der Waals surface area (Å²) in [7, 11) is 1.23. The van der Waals surface area contributed by atoms with Crippen LogP contribution < -0.4 is 0 Å². The highest BCUT2D eigenvalue weighted by Gasteiger charge is 2.55. The summed E-state index contributed by atoms with van der Waals surface area (Å²) in [4.78, 5) is 39.6. The fraction of sp³-hybridized carbons (Fsp3) is 0.762. The summed E-state index contributed by atoms with van der Waals surface area (Å²) in [6.45, 7) is 7.44. The number of halogens is 1. The number of carbonyl (C=O) groups excluding carboxylic acids is 3. The lowest BCUT2D eigenvalue weighted by Crippen LogP contribution is -2.58.